The van der Waals surface area contributed by atoms with Crippen molar-refractivity contribution in [3.8, 4) is 0 Å². The third-order valence-electron chi connectivity index (χ3n) is 3.30. The summed E-state index contributed by atoms with van der Waals surface area (Å²) in [7, 11) is -4.00. The maximum atomic E-state index is 13.8. The van der Waals surface area contributed by atoms with Crippen molar-refractivity contribution in [3.63, 3.8) is 0 Å². The molecule has 0 radical (unpaired) electrons. The zero-order valence-electron chi connectivity index (χ0n) is 11.3. The van der Waals surface area contributed by atoms with E-state index in [4.69, 9.17) is 17.3 Å². The molecule has 1 rings (SSSR count). The lowest BCUT2D eigenvalue weighted by Crippen LogP contribution is -2.52. The Bertz CT molecular complexity index is 540. The van der Waals surface area contributed by atoms with Crippen molar-refractivity contribution in [1.82, 2.24) is 4.72 Å². The van der Waals surface area contributed by atoms with Gasteiger partial charge in [-0.2, -0.15) is 0 Å². The minimum Gasteiger partial charge on any atom is -0.329 e. The monoisotopic (exact) mass is 344 g/mol. The number of benzene rings is 1. The molecule has 3 N–H and O–H groups in total. The van der Waals surface area contributed by atoms with Gasteiger partial charge in [0, 0.05) is 12.1 Å². The van der Waals surface area contributed by atoms with E-state index in [0.717, 1.165) is 0 Å². The first-order valence-corrected chi connectivity index (χ1v) is 7.86. The lowest BCUT2D eigenvalue weighted by Gasteiger charge is -2.31. The number of sulfonamides is 1. The maximum absolute atomic E-state index is 13.8. The highest BCUT2D eigenvalue weighted by Gasteiger charge is 2.32. The maximum Gasteiger partial charge on any atom is 0.244 e. The van der Waals surface area contributed by atoms with E-state index in [0.29, 0.717) is 12.8 Å². The Labute approximate surface area is 130 Å². The SMILES string of the molecule is CCC(CC)(CN)NS(=O)(=O)c1cccc(Cl)c1F.Cl. The molecule has 0 bridgehead atoms. The van der Waals surface area contributed by atoms with Gasteiger partial charge in [-0.25, -0.2) is 17.5 Å². The summed E-state index contributed by atoms with van der Waals surface area (Å²) in [5.74, 6) is -0.949. The fourth-order valence-electron chi connectivity index (χ4n) is 1.76. The van der Waals surface area contributed by atoms with Crippen LogP contribution in [0.3, 0.4) is 0 Å². The molecule has 0 fully saturated rings. The molecule has 0 aliphatic rings. The summed E-state index contributed by atoms with van der Waals surface area (Å²) >= 11 is 5.60. The highest BCUT2D eigenvalue weighted by Crippen LogP contribution is 2.24. The lowest BCUT2D eigenvalue weighted by molar-refractivity contribution is 0.362. The normalized spacial score (nSPS) is 12.1. The van der Waals surface area contributed by atoms with Crippen molar-refractivity contribution in [3.05, 3.63) is 29.0 Å². The molecule has 0 aromatic heterocycles. The third-order valence-corrected chi connectivity index (χ3v) is 5.19. The van der Waals surface area contributed by atoms with Crippen molar-refractivity contribution >= 4 is 34.0 Å². The quantitative estimate of drug-likeness (QED) is 0.833. The number of nitrogens with one attached hydrogen (secondary N) is 1. The number of halogens is 3. The van der Waals surface area contributed by atoms with E-state index in [1.165, 1.54) is 18.2 Å². The number of hydrogen-bond acceptors (Lipinski definition) is 3. The first kappa shape index (κ1) is 19.6. The summed E-state index contributed by atoms with van der Waals surface area (Å²) in [6.07, 6.45) is 1.03. The second kappa shape index (κ2) is 7.56. The predicted molar refractivity (Wildman–Crippen MR) is 81.3 cm³/mol. The molecule has 1 aromatic rings. The summed E-state index contributed by atoms with van der Waals surface area (Å²) in [6.45, 7) is 3.79. The Morgan fingerprint density at radius 2 is 1.90 bits per heavy atom. The van der Waals surface area contributed by atoms with Crippen LogP contribution in [0.5, 0.6) is 0 Å². The van der Waals surface area contributed by atoms with Gasteiger partial charge in [0.2, 0.25) is 10.0 Å². The van der Waals surface area contributed by atoms with Gasteiger partial charge in [-0.15, -0.1) is 12.4 Å². The van der Waals surface area contributed by atoms with Crippen LogP contribution in [0.2, 0.25) is 5.02 Å². The van der Waals surface area contributed by atoms with Crippen LogP contribution < -0.4 is 10.5 Å². The van der Waals surface area contributed by atoms with E-state index in [-0.39, 0.29) is 24.0 Å². The molecule has 4 nitrogen and oxygen atoms in total. The Balaban J connectivity index is 0.00000361. The molecule has 0 unspecified atom stereocenters. The number of hydrogen-bond donors (Lipinski definition) is 2. The smallest absolute Gasteiger partial charge is 0.244 e. The van der Waals surface area contributed by atoms with Gasteiger partial charge in [0.15, 0.2) is 5.82 Å². The molecule has 116 valence electrons. The number of nitrogens with two attached hydrogens (primary N) is 1. The highest BCUT2D eigenvalue weighted by molar-refractivity contribution is 7.89. The summed E-state index contributed by atoms with van der Waals surface area (Å²) in [6, 6.07) is 3.86. The fourth-order valence-corrected chi connectivity index (χ4v) is 3.64. The summed E-state index contributed by atoms with van der Waals surface area (Å²) in [4.78, 5) is -0.459. The van der Waals surface area contributed by atoms with Gasteiger partial charge in [0.25, 0.3) is 0 Å². The minimum atomic E-state index is -4.00. The van der Waals surface area contributed by atoms with Crippen LogP contribution in [0.1, 0.15) is 26.7 Å². The minimum absolute atomic E-state index is 0. The zero-order chi connectivity index (χ0) is 14.7. The van der Waals surface area contributed by atoms with Crippen LogP contribution in [0, 0.1) is 5.82 Å². The molecule has 0 saturated heterocycles. The largest absolute Gasteiger partial charge is 0.329 e. The zero-order valence-corrected chi connectivity index (χ0v) is 13.7. The van der Waals surface area contributed by atoms with E-state index in [2.05, 4.69) is 4.72 Å². The molecular weight excluding hydrogens is 326 g/mol. The van der Waals surface area contributed by atoms with Crippen molar-refractivity contribution in [2.45, 2.75) is 37.1 Å². The summed E-state index contributed by atoms with van der Waals surface area (Å²) in [5, 5.41) is -0.228. The van der Waals surface area contributed by atoms with Gasteiger partial charge in [-0.3, -0.25) is 0 Å². The molecule has 0 spiro atoms. The molecule has 0 aliphatic heterocycles. The van der Waals surface area contributed by atoms with Crippen LogP contribution in [-0.2, 0) is 10.0 Å². The molecule has 0 aliphatic carbocycles. The van der Waals surface area contributed by atoms with E-state index >= 15 is 0 Å². The van der Waals surface area contributed by atoms with Gasteiger partial charge in [-0.05, 0) is 25.0 Å². The first-order chi connectivity index (χ1) is 8.82. The van der Waals surface area contributed by atoms with Crippen molar-refractivity contribution in [2.75, 3.05) is 6.54 Å². The average Bonchev–Trinajstić information content (AvgIpc) is 2.39. The average molecular weight is 345 g/mol. The van der Waals surface area contributed by atoms with E-state index in [9.17, 15) is 12.8 Å². The van der Waals surface area contributed by atoms with E-state index < -0.39 is 26.3 Å². The van der Waals surface area contributed by atoms with Crippen molar-refractivity contribution in [2.24, 2.45) is 5.73 Å². The summed E-state index contributed by atoms with van der Waals surface area (Å²) < 4.78 is 40.8. The Morgan fingerprint density at radius 1 is 1.35 bits per heavy atom. The van der Waals surface area contributed by atoms with Crippen LogP contribution in [-0.4, -0.2) is 20.5 Å². The molecular formula is C12H19Cl2FN2O2S. The molecule has 1 aromatic carbocycles. The van der Waals surface area contributed by atoms with Crippen LogP contribution in [0.4, 0.5) is 4.39 Å². The molecule has 0 amide bonds. The first-order valence-electron chi connectivity index (χ1n) is 6.00. The third kappa shape index (κ3) is 4.05. The molecule has 20 heavy (non-hydrogen) atoms. The second-order valence-electron chi connectivity index (χ2n) is 4.35. The molecule has 0 saturated carbocycles. The summed E-state index contributed by atoms with van der Waals surface area (Å²) in [5.41, 5.74) is 4.87. The Hall–Kier alpha value is -0.400. The van der Waals surface area contributed by atoms with Crippen LogP contribution >= 0.6 is 24.0 Å². The Morgan fingerprint density at radius 3 is 2.35 bits per heavy atom. The second-order valence-corrected chi connectivity index (χ2v) is 6.41. The molecule has 8 heteroatoms. The lowest BCUT2D eigenvalue weighted by atomic mass is 9.95. The van der Waals surface area contributed by atoms with Crippen molar-refractivity contribution in [1.29, 1.82) is 0 Å². The number of rotatable bonds is 6. The Kier molecular flexibility index (Phi) is 7.41. The highest BCUT2D eigenvalue weighted by atomic mass is 35.5. The topological polar surface area (TPSA) is 72.2 Å². The van der Waals surface area contributed by atoms with Gasteiger partial charge in [0.1, 0.15) is 4.90 Å². The van der Waals surface area contributed by atoms with Gasteiger partial charge >= 0.3 is 0 Å². The van der Waals surface area contributed by atoms with Crippen molar-refractivity contribution < 1.29 is 12.8 Å². The van der Waals surface area contributed by atoms with Gasteiger partial charge in [-0.1, -0.05) is 31.5 Å². The van der Waals surface area contributed by atoms with E-state index in [1.807, 2.05) is 13.8 Å². The van der Waals surface area contributed by atoms with Crippen LogP contribution in [0.25, 0.3) is 0 Å². The van der Waals surface area contributed by atoms with Crippen LogP contribution in [0.15, 0.2) is 23.1 Å². The van der Waals surface area contributed by atoms with E-state index in [1.54, 1.807) is 0 Å². The molecule has 0 heterocycles. The van der Waals surface area contributed by atoms with Gasteiger partial charge < -0.3 is 5.73 Å². The predicted octanol–water partition coefficient (Wildman–Crippen LogP) is 2.70. The fraction of sp³-hybridized carbons (Fsp3) is 0.500. The van der Waals surface area contributed by atoms with Gasteiger partial charge in [0.05, 0.1) is 5.02 Å². The molecule has 0 atom stereocenters. The standard InChI is InChI=1S/C12H18ClFN2O2S.ClH/c1-3-12(4-2,8-15)16-19(17,18)10-7-5-6-9(13)11(10)14;/h5-7,16H,3-4,8,15H2,1-2H3;1H.